The van der Waals surface area contributed by atoms with E-state index in [4.69, 9.17) is 0 Å². The Morgan fingerprint density at radius 1 is 1.18 bits per heavy atom. The standard InChI is InChI=1S/C20H16BrN3OS3/c1-12-2-7-16-17(8-12)28-19(23-16)24-18(25)9-15-11-27-20(22-15)26-10-13-3-5-14(21)6-4-13/h2-8,11H,9-10H2,1H3,(H,23,24,25). The Morgan fingerprint density at radius 2 is 2.00 bits per heavy atom. The highest BCUT2D eigenvalue weighted by Crippen LogP contribution is 2.28. The van der Waals surface area contributed by atoms with Gasteiger partial charge in [0.15, 0.2) is 5.13 Å². The van der Waals surface area contributed by atoms with Crippen molar-refractivity contribution in [3.63, 3.8) is 0 Å². The molecule has 0 aliphatic heterocycles. The van der Waals surface area contributed by atoms with Gasteiger partial charge in [0.25, 0.3) is 0 Å². The van der Waals surface area contributed by atoms with Crippen LogP contribution < -0.4 is 5.32 Å². The molecule has 28 heavy (non-hydrogen) atoms. The van der Waals surface area contributed by atoms with E-state index in [9.17, 15) is 4.79 Å². The van der Waals surface area contributed by atoms with Crippen LogP contribution in [0.2, 0.25) is 0 Å². The predicted molar refractivity (Wildman–Crippen MR) is 123 cm³/mol. The topological polar surface area (TPSA) is 54.9 Å². The molecule has 4 nitrogen and oxygen atoms in total. The summed E-state index contributed by atoms with van der Waals surface area (Å²) in [5.74, 6) is 0.767. The average Bonchev–Trinajstić information content (AvgIpc) is 3.27. The predicted octanol–water partition coefficient (Wildman–Crippen LogP) is 6.30. The van der Waals surface area contributed by atoms with Gasteiger partial charge in [-0.25, -0.2) is 9.97 Å². The number of carbonyl (C=O) groups excluding carboxylic acids is 1. The molecule has 2 aromatic heterocycles. The lowest BCUT2D eigenvalue weighted by molar-refractivity contribution is -0.115. The highest BCUT2D eigenvalue weighted by atomic mass is 79.9. The zero-order valence-electron chi connectivity index (χ0n) is 14.9. The van der Waals surface area contributed by atoms with Crippen LogP contribution in [-0.4, -0.2) is 15.9 Å². The molecule has 0 radical (unpaired) electrons. The molecule has 0 fully saturated rings. The molecule has 0 saturated carbocycles. The third kappa shape index (κ3) is 5.00. The summed E-state index contributed by atoms with van der Waals surface area (Å²) in [5, 5.41) is 5.47. The van der Waals surface area contributed by atoms with Crippen molar-refractivity contribution >= 4 is 71.6 Å². The summed E-state index contributed by atoms with van der Waals surface area (Å²) in [6.45, 7) is 2.05. The lowest BCUT2D eigenvalue weighted by Gasteiger charge is -2.00. The van der Waals surface area contributed by atoms with E-state index in [1.165, 1.54) is 22.5 Å². The molecule has 1 N–H and O–H groups in total. The summed E-state index contributed by atoms with van der Waals surface area (Å²) in [6, 6.07) is 14.4. The fraction of sp³-hybridized carbons (Fsp3) is 0.150. The van der Waals surface area contributed by atoms with Gasteiger partial charge in [-0.3, -0.25) is 4.79 Å². The number of rotatable bonds is 6. The van der Waals surface area contributed by atoms with E-state index in [1.807, 2.05) is 36.6 Å². The molecule has 2 heterocycles. The number of nitrogens with one attached hydrogen (secondary N) is 1. The van der Waals surface area contributed by atoms with E-state index < -0.39 is 0 Å². The first-order valence-corrected chi connectivity index (χ1v) is 12.0. The Balaban J connectivity index is 1.33. The van der Waals surface area contributed by atoms with E-state index >= 15 is 0 Å². The number of carbonyl (C=O) groups is 1. The number of hydrogen-bond acceptors (Lipinski definition) is 6. The first-order valence-electron chi connectivity index (χ1n) is 8.54. The van der Waals surface area contributed by atoms with Crippen molar-refractivity contribution in [2.45, 2.75) is 23.4 Å². The van der Waals surface area contributed by atoms with Gasteiger partial charge in [0, 0.05) is 15.6 Å². The number of aromatic nitrogens is 2. The normalized spacial score (nSPS) is 11.1. The maximum Gasteiger partial charge on any atom is 0.232 e. The average molecular weight is 490 g/mol. The lowest BCUT2D eigenvalue weighted by atomic mass is 10.2. The number of fused-ring (bicyclic) bond motifs is 1. The van der Waals surface area contributed by atoms with Crippen molar-refractivity contribution in [1.29, 1.82) is 0 Å². The summed E-state index contributed by atoms with van der Waals surface area (Å²) >= 11 is 8.20. The molecule has 0 aliphatic carbocycles. The molecule has 4 aromatic rings. The number of amides is 1. The molecule has 0 bridgehead atoms. The number of nitrogens with zero attached hydrogens (tertiary/aromatic N) is 2. The van der Waals surface area contributed by atoms with Crippen LogP contribution in [0.25, 0.3) is 10.2 Å². The maximum atomic E-state index is 12.4. The van der Waals surface area contributed by atoms with Crippen molar-refractivity contribution in [2.75, 3.05) is 5.32 Å². The van der Waals surface area contributed by atoms with Crippen molar-refractivity contribution < 1.29 is 4.79 Å². The van der Waals surface area contributed by atoms with Gasteiger partial charge in [-0.2, -0.15) is 0 Å². The SMILES string of the molecule is Cc1ccc2nc(NC(=O)Cc3csc(SCc4ccc(Br)cc4)n3)sc2c1. The van der Waals surface area contributed by atoms with Gasteiger partial charge in [-0.15, -0.1) is 11.3 Å². The van der Waals surface area contributed by atoms with Crippen LogP contribution in [0.4, 0.5) is 5.13 Å². The van der Waals surface area contributed by atoms with Crippen LogP contribution in [0.1, 0.15) is 16.8 Å². The summed E-state index contributed by atoms with van der Waals surface area (Å²) in [4.78, 5) is 21.4. The van der Waals surface area contributed by atoms with Gasteiger partial charge in [0.05, 0.1) is 22.3 Å². The maximum absolute atomic E-state index is 12.4. The second kappa shape index (κ2) is 8.73. The molecule has 142 valence electrons. The Kier molecular flexibility index (Phi) is 6.10. The number of thioether (sulfide) groups is 1. The monoisotopic (exact) mass is 489 g/mol. The summed E-state index contributed by atoms with van der Waals surface area (Å²) < 4.78 is 3.13. The van der Waals surface area contributed by atoms with E-state index in [2.05, 4.69) is 49.4 Å². The van der Waals surface area contributed by atoms with Crippen LogP contribution in [-0.2, 0) is 17.0 Å². The summed E-state index contributed by atoms with van der Waals surface area (Å²) in [6.07, 6.45) is 0.254. The quantitative estimate of drug-likeness (QED) is 0.323. The van der Waals surface area contributed by atoms with E-state index in [-0.39, 0.29) is 12.3 Å². The van der Waals surface area contributed by atoms with Crippen LogP contribution >= 0.6 is 50.4 Å². The van der Waals surface area contributed by atoms with Crippen LogP contribution in [0.5, 0.6) is 0 Å². The van der Waals surface area contributed by atoms with E-state index in [0.29, 0.717) is 5.13 Å². The Hall–Kier alpha value is -1.74. The number of hydrogen-bond donors (Lipinski definition) is 1. The second-order valence-corrected chi connectivity index (χ2v) is 10.3. The zero-order valence-corrected chi connectivity index (χ0v) is 19.0. The van der Waals surface area contributed by atoms with Gasteiger partial charge in [-0.05, 0) is 42.3 Å². The molecule has 0 unspecified atom stereocenters. The van der Waals surface area contributed by atoms with Gasteiger partial charge in [0.1, 0.15) is 4.34 Å². The molecular weight excluding hydrogens is 474 g/mol. The molecule has 0 atom stereocenters. The molecular formula is C20H16BrN3OS3. The molecule has 8 heteroatoms. The van der Waals surface area contributed by atoms with Crippen molar-refractivity contribution in [3.8, 4) is 0 Å². The van der Waals surface area contributed by atoms with Gasteiger partial charge in [0.2, 0.25) is 5.91 Å². The third-order valence-corrected chi connectivity index (χ3v) is 7.54. The first kappa shape index (κ1) is 19.6. The van der Waals surface area contributed by atoms with E-state index in [0.717, 1.165) is 30.5 Å². The van der Waals surface area contributed by atoms with Gasteiger partial charge < -0.3 is 5.32 Å². The number of anilines is 1. The highest BCUT2D eigenvalue weighted by Gasteiger charge is 2.11. The molecule has 0 aliphatic rings. The Bertz CT molecular complexity index is 1120. The molecule has 0 spiro atoms. The summed E-state index contributed by atoms with van der Waals surface area (Å²) in [7, 11) is 0. The fourth-order valence-electron chi connectivity index (χ4n) is 2.57. The summed E-state index contributed by atoms with van der Waals surface area (Å²) in [5.41, 5.74) is 4.13. The lowest BCUT2D eigenvalue weighted by Crippen LogP contribution is -2.14. The first-order chi connectivity index (χ1) is 13.5. The largest absolute Gasteiger partial charge is 0.302 e. The number of aryl methyl sites for hydroxylation is 1. The fourth-order valence-corrected chi connectivity index (χ4v) is 5.62. The van der Waals surface area contributed by atoms with Crippen LogP contribution in [0.15, 0.2) is 56.7 Å². The zero-order chi connectivity index (χ0) is 19.5. The molecule has 0 saturated heterocycles. The molecule has 1 amide bonds. The van der Waals surface area contributed by atoms with Gasteiger partial charge >= 0.3 is 0 Å². The minimum absolute atomic E-state index is 0.0921. The van der Waals surface area contributed by atoms with Gasteiger partial charge in [-0.1, -0.05) is 57.2 Å². The molecule has 4 rings (SSSR count). The molecule has 2 aromatic carbocycles. The Morgan fingerprint density at radius 3 is 2.82 bits per heavy atom. The minimum atomic E-state index is -0.0921. The van der Waals surface area contributed by atoms with E-state index in [1.54, 1.807) is 23.1 Å². The number of halogens is 1. The third-order valence-electron chi connectivity index (χ3n) is 3.94. The minimum Gasteiger partial charge on any atom is -0.302 e. The van der Waals surface area contributed by atoms with Crippen molar-refractivity contribution in [2.24, 2.45) is 0 Å². The smallest absolute Gasteiger partial charge is 0.232 e. The highest BCUT2D eigenvalue weighted by molar-refractivity contribution is 9.10. The Labute approximate surface area is 183 Å². The van der Waals surface area contributed by atoms with Crippen molar-refractivity contribution in [3.05, 3.63) is 69.1 Å². The van der Waals surface area contributed by atoms with Crippen LogP contribution in [0.3, 0.4) is 0 Å². The number of thiazole rings is 2. The second-order valence-electron chi connectivity index (χ2n) is 6.24. The van der Waals surface area contributed by atoms with Crippen molar-refractivity contribution in [1.82, 2.24) is 9.97 Å². The van der Waals surface area contributed by atoms with Crippen LogP contribution in [0, 0.1) is 6.92 Å². The number of benzene rings is 2.